The fourth-order valence-electron chi connectivity index (χ4n) is 3.97. The van der Waals surface area contributed by atoms with Crippen LogP contribution in [0.5, 0.6) is 0 Å². The van der Waals surface area contributed by atoms with E-state index in [-0.39, 0.29) is 16.5 Å². The topological polar surface area (TPSA) is 93.4 Å². The molecule has 2 heterocycles. The smallest absolute Gasteiger partial charge is 0.296 e. The number of anilines is 1. The van der Waals surface area contributed by atoms with Gasteiger partial charge in [0.05, 0.1) is 16.3 Å². The first-order valence-corrected chi connectivity index (χ1v) is 12.0. The summed E-state index contributed by atoms with van der Waals surface area (Å²) in [5.41, 5.74) is 1.68. The van der Waals surface area contributed by atoms with E-state index in [0.717, 1.165) is 12.8 Å². The summed E-state index contributed by atoms with van der Waals surface area (Å²) in [6.45, 7) is 4.81. The number of nitrogens with one attached hydrogen (secondary N) is 1. The van der Waals surface area contributed by atoms with Crippen LogP contribution in [0.1, 0.15) is 34.5 Å². The van der Waals surface area contributed by atoms with Crippen molar-refractivity contribution in [2.24, 2.45) is 7.05 Å². The molecule has 0 aliphatic carbocycles. The molecule has 1 N–H and O–H groups in total. The molecular weight excluding hydrogens is 428 g/mol. The van der Waals surface area contributed by atoms with Crippen LogP contribution in [0.15, 0.2) is 58.2 Å². The van der Waals surface area contributed by atoms with E-state index >= 15 is 0 Å². The Morgan fingerprint density at radius 3 is 2.31 bits per heavy atom. The average Bonchev–Trinajstić information content (AvgIpc) is 3.38. The first-order chi connectivity index (χ1) is 15.2. The SMILES string of the molecule is Cc1ccc(S(=O)(=O)Nc2c(C)n(C)n(-c3ccccc3)c2=O)cc1C(=O)N1CCCC1. The molecule has 4 rings (SSSR count). The number of aryl methyl sites for hydroxylation is 1. The zero-order valence-corrected chi connectivity index (χ0v) is 19.1. The molecule has 0 bridgehead atoms. The lowest BCUT2D eigenvalue weighted by molar-refractivity contribution is 0.0792. The van der Waals surface area contributed by atoms with Crippen molar-refractivity contribution in [2.75, 3.05) is 17.8 Å². The molecule has 0 radical (unpaired) electrons. The maximum Gasteiger partial charge on any atom is 0.296 e. The summed E-state index contributed by atoms with van der Waals surface area (Å²) in [5, 5.41) is 0. The Bertz CT molecular complexity index is 1330. The van der Waals surface area contributed by atoms with Crippen LogP contribution >= 0.6 is 0 Å². The first kappa shape index (κ1) is 21.9. The monoisotopic (exact) mass is 454 g/mol. The number of carbonyl (C=O) groups is 1. The van der Waals surface area contributed by atoms with Crippen molar-refractivity contribution in [3.8, 4) is 5.69 Å². The van der Waals surface area contributed by atoms with Crippen LogP contribution in [0.2, 0.25) is 0 Å². The van der Waals surface area contributed by atoms with Crippen LogP contribution < -0.4 is 10.3 Å². The Balaban J connectivity index is 1.71. The molecule has 32 heavy (non-hydrogen) atoms. The standard InChI is InChI=1S/C23H26N4O4S/c1-16-11-12-19(15-20(16)22(28)26-13-7-8-14-26)32(30,31)24-21-17(2)25(3)27(23(21)29)18-9-5-4-6-10-18/h4-6,9-12,15,24H,7-8,13-14H2,1-3H3. The van der Waals surface area contributed by atoms with Crippen LogP contribution in [0.3, 0.4) is 0 Å². The van der Waals surface area contributed by atoms with E-state index in [0.29, 0.717) is 35.6 Å². The number of hydrogen-bond acceptors (Lipinski definition) is 4. The second-order valence-corrected chi connectivity index (χ2v) is 9.70. The number of amides is 1. The summed E-state index contributed by atoms with van der Waals surface area (Å²) < 4.78 is 31.8. The minimum Gasteiger partial charge on any atom is -0.339 e. The molecule has 0 unspecified atom stereocenters. The summed E-state index contributed by atoms with van der Waals surface area (Å²) in [6.07, 6.45) is 1.90. The molecular formula is C23H26N4O4S. The zero-order chi connectivity index (χ0) is 23.0. The average molecular weight is 455 g/mol. The summed E-state index contributed by atoms with van der Waals surface area (Å²) in [6, 6.07) is 13.5. The normalized spacial score (nSPS) is 14.0. The van der Waals surface area contributed by atoms with Crippen molar-refractivity contribution in [1.82, 2.24) is 14.3 Å². The third-order valence-electron chi connectivity index (χ3n) is 5.93. The van der Waals surface area contributed by atoms with Crippen molar-refractivity contribution in [3.05, 3.63) is 75.7 Å². The molecule has 0 saturated carbocycles. The minimum atomic E-state index is -4.09. The summed E-state index contributed by atoms with van der Waals surface area (Å²) in [7, 11) is -2.39. The van der Waals surface area contributed by atoms with Crippen LogP contribution in [0, 0.1) is 13.8 Å². The zero-order valence-electron chi connectivity index (χ0n) is 18.3. The number of sulfonamides is 1. The third-order valence-corrected chi connectivity index (χ3v) is 7.28. The molecule has 1 fully saturated rings. The molecule has 8 nitrogen and oxygen atoms in total. The number of rotatable bonds is 5. The van der Waals surface area contributed by atoms with Gasteiger partial charge in [-0.25, -0.2) is 13.1 Å². The second-order valence-electron chi connectivity index (χ2n) is 8.02. The lowest BCUT2D eigenvalue weighted by atomic mass is 10.1. The summed E-state index contributed by atoms with van der Waals surface area (Å²) >= 11 is 0. The molecule has 2 aromatic carbocycles. The van der Waals surface area contributed by atoms with E-state index in [2.05, 4.69) is 4.72 Å². The van der Waals surface area contributed by atoms with Crippen molar-refractivity contribution in [3.63, 3.8) is 0 Å². The second kappa shape index (κ2) is 8.31. The number of likely N-dealkylation sites (tertiary alicyclic amines) is 1. The largest absolute Gasteiger partial charge is 0.339 e. The molecule has 1 aliphatic heterocycles. The predicted molar refractivity (Wildman–Crippen MR) is 123 cm³/mol. The summed E-state index contributed by atoms with van der Waals surface area (Å²) in [4.78, 5) is 27.6. The van der Waals surface area contributed by atoms with Gasteiger partial charge in [0.1, 0.15) is 5.69 Å². The van der Waals surface area contributed by atoms with Gasteiger partial charge >= 0.3 is 0 Å². The molecule has 168 valence electrons. The van der Waals surface area contributed by atoms with Gasteiger partial charge < -0.3 is 4.90 Å². The molecule has 0 spiro atoms. The van der Waals surface area contributed by atoms with E-state index in [1.54, 1.807) is 60.8 Å². The molecule has 0 atom stereocenters. The Morgan fingerprint density at radius 1 is 1.00 bits per heavy atom. The van der Waals surface area contributed by atoms with Gasteiger partial charge in [0.15, 0.2) is 0 Å². The van der Waals surface area contributed by atoms with Gasteiger partial charge in [-0.15, -0.1) is 0 Å². The van der Waals surface area contributed by atoms with Crippen molar-refractivity contribution < 1.29 is 13.2 Å². The van der Waals surface area contributed by atoms with E-state index < -0.39 is 15.6 Å². The van der Waals surface area contributed by atoms with E-state index in [4.69, 9.17) is 0 Å². The van der Waals surface area contributed by atoms with Crippen LogP contribution in [0.25, 0.3) is 5.69 Å². The van der Waals surface area contributed by atoms with Crippen LogP contribution in [0.4, 0.5) is 5.69 Å². The number of aromatic nitrogens is 2. The number of para-hydroxylation sites is 1. The van der Waals surface area contributed by atoms with Gasteiger partial charge in [-0.05, 0) is 56.5 Å². The van der Waals surface area contributed by atoms with Crippen molar-refractivity contribution in [1.29, 1.82) is 0 Å². The highest BCUT2D eigenvalue weighted by molar-refractivity contribution is 7.92. The Kier molecular flexibility index (Phi) is 5.68. The Hall–Kier alpha value is -3.33. The Labute approximate surface area is 187 Å². The fraction of sp³-hybridized carbons (Fsp3) is 0.304. The molecule has 1 aliphatic rings. The number of hydrogen-bond donors (Lipinski definition) is 1. The maximum atomic E-state index is 13.2. The molecule has 1 saturated heterocycles. The predicted octanol–water partition coefficient (Wildman–Crippen LogP) is 2.83. The van der Waals surface area contributed by atoms with Gasteiger partial charge in [-0.2, -0.15) is 0 Å². The lowest BCUT2D eigenvalue weighted by Crippen LogP contribution is -2.28. The number of carbonyl (C=O) groups excluding carboxylic acids is 1. The first-order valence-electron chi connectivity index (χ1n) is 10.5. The fourth-order valence-corrected chi connectivity index (χ4v) is 5.11. The van der Waals surface area contributed by atoms with Gasteiger partial charge in [-0.1, -0.05) is 24.3 Å². The van der Waals surface area contributed by atoms with Gasteiger partial charge in [0.2, 0.25) is 0 Å². The quantitative estimate of drug-likeness (QED) is 0.642. The van der Waals surface area contributed by atoms with Crippen LogP contribution in [-0.4, -0.2) is 41.7 Å². The summed E-state index contributed by atoms with van der Waals surface area (Å²) in [5.74, 6) is -0.167. The van der Waals surface area contributed by atoms with Crippen molar-refractivity contribution in [2.45, 2.75) is 31.6 Å². The third kappa shape index (κ3) is 3.84. The van der Waals surface area contributed by atoms with Crippen LogP contribution in [-0.2, 0) is 17.1 Å². The number of nitrogens with zero attached hydrogens (tertiary/aromatic N) is 3. The van der Waals surface area contributed by atoms with Crippen molar-refractivity contribution >= 4 is 21.6 Å². The van der Waals surface area contributed by atoms with E-state index in [1.807, 2.05) is 6.07 Å². The minimum absolute atomic E-state index is 0.0238. The Morgan fingerprint density at radius 2 is 1.66 bits per heavy atom. The van der Waals surface area contributed by atoms with E-state index in [9.17, 15) is 18.0 Å². The van der Waals surface area contributed by atoms with Gasteiger partial charge in [-0.3, -0.25) is 19.0 Å². The number of benzene rings is 2. The van der Waals surface area contributed by atoms with E-state index in [1.165, 1.54) is 16.8 Å². The molecule has 1 amide bonds. The highest BCUT2D eigenvalue weighted by Gasteiger charge is 2.26. The molecule has 3 aromatic rings. The van der Waals surface area contributed by atoms with Gasteiger partial charge in [0.25, 0.3) is 21.5 Å². The maximum absolute atomic E-state index is 13.2. The molecule has 9 heteroatoms. The highest BCUT2D eigenvalue weighted by Crippen LogP contribution is 2.23. The lowest BCUT2D eigenvalue weighted by Gasteiger charge is -2.17. The van der Waals surface area contributed by atoms with Gasteiger partial charge in [0, 0.05) is 25.7 Å². The molecule has 1 aromatic heterocycles. The highest BCUT2D eigenvalue weighted by atomic mass is 32.2.